The Bertz CT molecular complexity index is 384. The van der Waals surface area contributed by atoms with Crippen molar-refractivity contribution in [1.29, 1.82) is 0 Å². The monoisotopic (exact) mass is 272 g/mol. The van der Waals surface area contributed by atoms with Crippen LogP contribution in [0.3, 0.4) is 0 Å². The number of allylic oxidation sites excluding steroid dienone is 2. The Morgan fingerprint density at radius 1 is 1.22 bits per heavy atom. The summed E-state index contributed by atoms with van der Waals surface area (Å²) in [4.78, 5) is 2.49. The Kier molecular flexibility index (Phi) is 4.81. The third kappa shape index (κ3) is 4.71. The molecule has 1 aliphatic carbocycles. The minimum Gasteiger partial charge on any atom is -0.303 e. The van der Waals surface area contributed by atoms with Crippen LogP contribution in [0.15, 0.2) is 12.2 Å². The van der Waals surface area contributed by atoms with Crippen molar-refractivity contribution < 1.29 is 8.42 Å². The second kappa shape index (κ2) is 6.17. The number of hydrogen-bond donors (Lipinski definition) is 1. The normalized spacial score (nSPS) is 27.5. The van der Waals surface area contributed by atoms with Crippen LogP contribution in [0.25, 0.3) is 0 Å². The summed E-state index contributed by atoms with van der Waals surface area (Å²) in [5.74, 6) is 0.800. The van der Waals surface area contributed by atoms with Gasteiger partial charge < -0.3 is 4.90 Å². The molecule has 2 aliphatic rings. The first-order valence-electron chi connectivity index (χ1n) is 6.87. The van der Waals surface area contributed by atoms with Gasteiger partial charge in [0.05, 0.1) is 6.26 Å². The first-order valence-corrected chi connectivity index (χ1v) is 8.77. The van der Waals surface area contributed by atoms with Crippen LogP contribution in [0, 0.1) is 5.92 Å². The lowest BCUT2D eigenvalue weighted by molar-refractivity contribution is 0.174. The van der Waals surface area contributed by atoms with Crippen molar-refractivity contribution in [1.82, 2.24) is 9.62 Å². The zero-order valence-electron chi connectivity index (χ0n) is 11.1. The van der Waals surface area contributed by atoms with Crippen molar-refractivity contribution in [3.63, 3.8) is 0 Å². The maximum atomic E-state index is 11.2. The van der Waals surface area contributed by atoms with E-state index in [-0.39, 0.29) is 6.04 Å². The van der Waals surface area contributed by atoms with Gasteiger partial charge in [-0.15, -0.1) is 0 Å². The van der Waals surface area contributed by atoms with E-state index >= 15 is 0 Å². The van der Waals surface area contributed by atoms with E-state index in [9.17, 15) is 8.42 Å². The third-order valence-electron chi connectivity index (χ3n) is 3.86. The van der Waals surface area contributed by atoms with E-state index < -0.39 is 10.0 Å². The van der Waals surface area contributed by atoms with Crippen molar-refractivity contribution >= 4 is 10.0 Å². The molecule has 0 unspecified atom stereocenters. The molecule has 0 amide bonds. The first kappa shape index (κ1) is 14.0. The van der Waals surface area contributed by atoms with Crippen molar-refractivity contribution in [2.24, 2.45) is 5.92 Å². The molecule has 0 aromatic rings. The van der Waals surface area contributed by atoms with E-state index in [1.54, 1.807) is 0 Å². The maximum Gasteiger partial charge on any atom is 0.208 e. The fourth-order valence-corrected chi connectivity index (χ4v) is 3.76. The van der Waals surface area contributed by atoms with Gasteiger partial charge in [-0.3, -0.25) is 0 Å². The number of sulfonamides is 1. The molecule has 1 atom stereocenters. The zero-order chi connectivity index (χ0) is 13.0. The van der Waals surface area contributed by atoms with Gasteiger partial charge in [-0.2, -0.15) is 0 Å². The van der Waals surface area contributed by atoms with Crippen LogP contribution >= 0.6 is 0 Å². The van der Waals surface area contributed by atoms with Crippen LogP contribution in [-0.4, -0.2) is 45.2 Å². The minimum absolute atomic E-state index is 0.141. The number of nitrogens with one attached hydrogen (secondary N) is 1. The highest BCUT2D eigenvalue weighted by Crippen LogP contribution is 2.21. The maximum absolute atomic E-state index is 11.2. The molecule has 1 saturated heterocycles. The van der Waals surface area contributed by atoms with Crippen LogP contribution in [0.1, 0.15) is 32.1 Å². The summed E-state index contributed by atoms with van der Waals surface area (Å²) < 4.78 is 25.0. The fraction of sp³-hybridized carbons (Fsp3) is 0.846. The van der Waals surface area contributed by atoms with Crippen LogP contribution in [0.2, 0.25) is 0 Å². The second-order valence-electron chi connectivity index (χ2n) is 5.62. The Labute approximate surface area is 110 Å². The van der Waals surface area contributed by atoms with E-state index in [0.717, 1.165) is 31.8 Å². The molecule has 0 aromatic carbocycles. The van der Waals surface area contributed by atoms with Gasteiger partial charge in [-0.1, -0.05) is 12.2 Å². The van der Waals surface area contributed by atoms with E-state index in [0.29, 0.717) is 0 Å². The molecule has 4 nitrogen and oxygen atoms in total. The summed E-state index contributed by atoms with van der Waals surface area (Å²) in [7, 11) is -3.05. The minimum atomic E-state index is -3.05. The van der Waals surface area contributed by atoms with Gasteiger partial charge in [0.1, 0.15) is 0 Å². The molecule has 5 heteroatoms. The smallest absolute Gasteiger partial charge is 0.208 e. The molecule has 0 aromatic heterocycles. The number of piperidine rings is 1. The number of likely N-dealkylation sites (tertiary alicyclic amines) is 1. The molecule has 0 spiro atoms. The lowest BCUT2D eigenvalue weighted by Gasteiger charge is -2.34. The number of nitrogens with zero attached hydrogens (tertiary/aromatic N) is 1. The Morgan fingerprint density at radius 2 is 1.94 bits per heavy atom. The largest absolute Gasteiger partial charge is 0.303 e. The molecule has 1 heterocycles. The molecule has 104 valence electrons. The van der Waals surface area contributed by atoms with Crippen LogP contribution < -0.4 is 4.72 Å². The quantitative estimate of drug-likeness (QED) is 0.786. The van der Waals surface area contributed by atoms with Gasteiger partial charge in [0.2, 0.25) is 10.0 Å². The molecule has 1 N–H and O–H groups in total. The van der Waals surface area contributed by atoms with Gasteiger partial charge in [-0.05, 0) is 51.1 Å². The van der Waals surface area contributed by atoms with Gasteiger partial charge in [-0.25, -0.2) is 13.1 Å². The molecule has 0 radical (unpaired) electrons. The molecular weight excluding hydrogens is 248 g/mol. The van der Waals surface area contributed by atoms with Gasteiger partial charge >= 0.3 is 0 Å². The molecule has 1 aliphatic heterocycles. The average Bonchev–Trinajstić information content (AvgIpc) is 2.31. The lowest BCUT2D eigenvalue weighted by Crippen LogP contribution is -2.45. The first-order chi connectivity index (χ1) is 8.53. The summed E-state index contributed by atoms with van der Waals surface area (Å²) in [5.41, 5.74) is 0. The fourth-order valence-electron chi connectivity index (χ4n) is 2.92. The van der Waals surface area contributed by atoms with Crippen molar-refractivity contribution in [2.45, 2.75) is 38.1 Å². The highest BCUT2D eigenvalue weighted by Gasteiger charge is 2.23. The predicted molar refractivity (Wildman–Crippen MR) is 73.9 cm³/mol. The summed E-state index contributed by atoms with van der Waals surface area (Å²) in [6.07, 6.45) is 11.4. The molecular formula is C13H24N2O2S. The summed E-state index contributed by atoms with van der Waals surface area (Å²) in [6.45, 7) is 3.22. The average molecular weight is 272 g/mol. The van der Waals surface area contributed by atoms with Crippen molar-refractivity contribution in [3.05, 3.63) is 12.2 Å². The molecule has 0 bridgehead atoms. The van der Waals surface area contributed by atoms with Crippen LogP contribution in [-0.2, 0) is 10.0 Å². The zero-order valence-corrected chi connectivity index (χ0v) is 12.0. The Balaban J connectivity index is 1.71. The molecule has 1 fully saturated rings. The lowest BCUT2D eigenvalue weighted by atomic mass is 9.93. The Morgan fingerprint density at radius 3 is 2.50 bits per heavy atom. The topological polar surface area (TPSA) is 49.4 Å². The highest BCUT2D eigenvalue weighted by molar-refractivity contribution is 7.88. The highest BCUT2D eigenvalue weighted by atomic mass is 32.2. The number of rotatable bonds is 4. The second-order valence-corrected chi connectivity index (χ2v) is 7.40. The number of hydrogen-bond acceptors (Lipinski definition) is 3. The molecule has 18 heavy (non-hydrogen) atoms. The Hall–Kier alpha value is -0.390. The van der Waals surface area contributed by atoms with Crippen LogP contribution in [0.5, 0.6) is 0 Å². The summed E-state index contributed by atoms with van der Waals surface area (Å²) >= 11 is 0. The van der Waals surface area contributed by atoms with E-state index in [2.05, 4.69) is 21.8 Å². The molecule has 2 rings (SSSR count). The standard InChI is InChI=1S/C13H24N2O2S/c1-18(16,17)14-13-7-9-15(10-8-13)11-12-5-3-2-4-6-12/h2-3,12-14H,4-11H2,1H3/t12-/m0/s1. The van der Waals surface area contributed by atoms with Crippen molar-refractivity contribution in [2.75, 3.05) is 25.9 Å². The van der Waals surface area contributed by atoms with Gasteiger partial charge in [0.25, 0.3) is 0 Å². The van der Waals surface area contributed by atoms with E-state index in [4.69, 9.17) is 0 Å². The van der Waals surface area contributed by atoms with Gasteiger partial charge in [0, 0.05) is 12.6 Å². The summed E-state index contributed by atoms with van der Waals surface area (Å²) in [5, 5.41) is 0. The van der Waals surface area contributed by atoms with E-state index in [1.165, 1.54) is 32.1 Å². The molecule has 0 saturated carbocycles. The van der Waals surface area contributed by atoms with E-state index in [1.807, 2.05) is 0 Å². The summed E-state index contributed by atoms with van der Waals surface area (Å²) in [6, 6.07) is 0.141. The third-order valence-corrected chi connectivity index (χ3v) is 4.62. The van der Waals surface area contributed by atoms with Crippen LogP contribution in [0.4, 0.5) is 0 Å². The SMILES string of the molecule is CS(=O)(=O)NC1CCN(C[C@H]2CC=CCC2)CC1. The predicted octanol–water partition coefficient (Wildman–Crippen LogP) is 1.36. The van der Waals surface area contributed by atoms with Gasteiger partial charge in [0.15, 0.2) is 0 Å². The van der Waals surface area contributed by atoms with Crippen molar-refractivity contribution in [3.8, 4) is 0 Å².